The van der Waals surface area contributed by atoms with Crippen molar-refractivity contribution in [1.82, 2.24) is 5.32 Å². The molecule has 0 radical (unpaired) electrons. The molecule has 0 spiro atoms. The van der Waals surface area contributed by atoms with Gasteiger partial charge in [-0.2, -0.15) is 0 Å². The maximum atomic E-state index is 12.7. The van der Waals surface area contributed by atoms with E-state index in [0.717, 1.165) is 25.7 Å². The van der Waals surface area contributed by atoms with Crippen LogP contribution < -0.4 is 10.1 Å². The molecule has 0 heterocycles. The van der Waals surface area contributed by atoms with Crippen LogP contribution >= 0.6 is 0 Å². The minimum atomic E-state index is -0.262. The molecule has 1 rings (SSSR count). The summed E-state index contributed by atoms with van der Waals surface area (Å²) >= 11 is 0. The first kappa shape index (κ1) is 17.5. The second-order valence-corrected chi connectivity index (χ2v) is 5.46. The predicted octanol–water partition coefficient (Wildman–Crippen LogP) is 3.93. The van der Waals surface area contributed by atoms with Crippen LogP contribution in [0, 0.1) is 11.7 Å². The second kappa shape index (κ2) is 10.2. The summed E-state index contributed by atoms with van der Waals surface area (Å²) in [6, 6.07) is 6.00. The van der Waals surface area contributed by atoms with Crippen molar-refractivity contribution >= 4 is 5.91 Å². The van der Waals surface area contributed by atoms with Gasteiger partial charge in [-0.25, -0.2) is 4.39 Å². The minimum Gasteiger partial charge on any atom is -0.494 e. The maximum absolute atomic E-state index is 12.7. The van der Waals surface area contributed by atoms with Gasteiger partial charge in [0.25, 0.3) is 0 Å². The van der Waals surface area contributed by atoms with Crippen molar-refractivity contribution in [3.05, 3.63) is 30.1 Å². The van der Waals surface area contributed by atoms with Gasteiger partial charge in [-0.05, 0) is 43.0 Å². The lowest BCUT2D eigenvalue weighted by Crippen LogP contribution is -2.26. The lowest BCUT2D eigenvalue weighted by molar-refractivity contribution is -0.121. The summed E-state index contributed by atoms with van der Waals surface area (Å²) in [5.74, 6) is 1.00. The topological polar surface area (TPSA) is 38.3 Å². The molecule has 1 N–H and O–H groups in total. The molecule has 1 unspecified atom stereocenters. The Kier molecular flexibility index (Phi) is 8.48. The molecule has 3 nitrogen and oxygen atoms in total. The first-order valence-corrected chi connectivity index (χ1v) is 7.77. The van der Waals surface area contributed by atoms with Crippen molar-refractivity contribution < 1.29 is 13.9 Å². The van der Waals surface area contributed by atoms with Crippen molar-refractivity contribution in [2.75, 3.05) is 13.2 Å². The van der Waals surface area contributed by atoms with Crippen LogP contribution in [-0.4, -0.2) is 19.1 Å². The normalized spacial score (nSPS) is 12.0. The number of unbranched alkanes of at least 4 members (excludes halogenated alkanes) is 1. The van der Waals surface area contributed by atoms with E-state index in [1.807, 2.05) is 0 Å². The molecule has 1 atom stereocenters. The van der Waals surface area contributed by atoms with Crippen LogP contribution in [0.3, 0.4) is 0 Å². The van der Waals surface area contributed by atoms with Crippen molar-refractivity contribution in [3.8, 4) is 5.75 Å². The highest BCUT2D eigenvalue weighted by Crippen LogP contribution is 2.11. The van der Waals surface area contributed by atoms with E-state index < -0.39 is 0 Å². The Labute approximate surface area is 126 Å². The van der Waals surface area contributed by atoms with E-state index in [1.54, 1.807) is 12.1 Å². The standard InChI is InChI=1S/C17H26FNO2/c1-3-6-14(2)13-17(20)19-11-4-5-12-21-16-9-7-15(18)8-10-16/h7-10,14H,3-6,11-13H2,1-2H3,(H,19,20). The van der Waals surface area contributed by atoms with Gasteiger partial charge in [-0.1, -0.05) is 26.7 Å². The van der Waals surface area contributed by atoms with Gasteiger partial charge >= 0.3 is 0 Å². The smallest absolute Gasteiger partial charge is 0.220 e. The summed E-state index contributed by atoms with van der Waals surface area (Å²) < 4.78 is 18.2. The lowest BCUT2D eigenvalue weighted by atomic mass is 10.0. The number of rotatable bonds is 10. The monoisotopic (exact) mass is 295 g/mol. The Hall–Kier alpha value is -1.58. The van der Waals surface area contributed by atoms with Gasteiger partial charge in [-0.15, -0.1) is 0 Å². The number of carbonyl (C=O) groups is 1. The van der Waals surface area contributed by atoms with Gasteiger partial charge in [0.2, 0.25) is 5.91 Å². The van der Waals surface area contributed by atoms with Gasteiger partial charge in [-0.3, -0.25) is 4.79 Å². The Balaban J connectivity index is 2.01. The van der Waals surface area contributed by atoms with Crippen LogP contribution in [0.5, 0.6) is 5.75 Å². The minimum absolute atomic E-state index is 0.135. The molecule has 21 heavy (non-hydrogen) atoms. The molecule has 118 valence electrons. The molecule has 4 heteroatoms. The lowest BCUT2D eigenvalue weighted by Gasteiger charge is -2.10. The zero-order valence-electron chi connectivity index (χ0n) is 13.0. The second-order valence-electron chi connectivity index (χ2n) is 5.46. The number of benzene rings is 1. The van der Waals surface area contributed by atoms with Crippen LogP contribution in [-0.2, 0) is 4.79 Å². The number of hydrogen-bond donors (Lipinski definition) is 1. The Bertz CT molecular complexity index is 406. The number of nitrogens with one attached hydrogen (secondary N) is 1. The first-order valence-electron chi connectivity index (χ1n) is 7.77. The maximum Gasteiger partial charge on any atom is 0.220 e. The zero-order valence-corrected chi connectivity index (χ0v) is 13.0. The zero-order chi connectivity index (χ0) is 15.5. The van der Waals surface area contributed by atoms with Crippen LogP contribution in [0.4, 0.5) is 4.39 Å². The van der Waals surface area contributed by atoms with Gasteiger partial charge in [0.15, 0.2) is 0 Å². The fourth-order valence-electron chi connectivity index (χ4n) is 2.16. The Morgan fingerprint density at radius 2 is 2.00 bits per heavy atom. The predicted molar refractivity (Wildman–Crippen MR) is 82.8 cm³/mol. The summed E-state index contributed by atoms with van der Waals surface area (Å²) in [4.78, 5) is 11.6. The molecule has 0 aliphatic rings. The average molecular weight is 295 g/mol. The Morgan fingerprint density at radius 1 is 1.29 bits per heavy atom. The van der Waals surface area contributed by atoms with E-state index in [2.05, 4.69) is 19.2 Å². The molecule has 1 amide bonds. The SMILES string of the molecule is CCCC(C)CC(=O)NCCCCOc1ccc(F)cc1. The molecular weight excluding hydrogens is 269 g/mol. The van der Waals surface area contributed by atoms with E-state index in [0.29, 0.717) is 31.2 Å². The molecule has 0 aliphatic carbocycles. The molecule has 0 aromatic heterocycles. The van der Waals surface area contributed by atoms with Crippen molar-refractivity contribution in [1.29, 1.82) is 0 Å². The van der Waals surface area contributed by atoms with E-state index in [1.165, 1.54) is 12.1 Å². The summed E-state index contributed by atoms with van der Waals surface area (Å²) in [5.41, 5.74) is 0. The highest BCUT2D eigenvalue weighted by atomic mass is 19.1. The fourth-order valence-corrected chi connectivity index (χ4v) is 2.16. The third-order valence-corrected chi connectivity index (χ3v) is 3.29. The van der Waals surface area contributed by atoms with E-state index in [9.17, 15) is 9.18 Å². The van der Waals surface area contributed by atoms with Crippen LogP contribution in [0.1, 0.15) is 46.0 Å². The van der Waals surface area contributed by atoms with Gasteiger partial charge < -0.3 is 10.1 Å². The highest BCUT2D eigenvalue weighted by molar-refractivity contribution is 5.76. The van der Waals surface area contributed by atoms with Gasteiger partial charge in [0, 0.05) is 13.0 Å². The largest absolute Gasteiger partial charge is 0.494 e. The summed E-state index contributed by atoms with van der Waals surface area (Å²) in [6.45, 7) is 5.51. The van der Waals surface area contributed by atoms with Crippen molar-refractivity contribution in [2.24, 2.45) is 5.92 Å². The van der Waals surface area contributed by atoms with E-state index in [4.69, 9.17) is 4.74 Å². The fraction of sp³-hybridized carbons (Fsp3) is 0.588. The van der Waals surface area contributed by atoms with Gasteiger partial charge in [0.1, 0.15) is 11.6 Å². The quantitative estimate of drug-likeness (QED) is 0.664. The first-order chi connectivity index (χ1) is 10.1. The third kappa shape index (κ3) is 8.33. The number of halogens is 1. The number of carbonyl (C=O) groups excluding carboxylic acids is 1. The van der Waals surface area contributed by atoms with Crippen molar-refractivity contribution in [3.63, 3.8) is 0 Å². The summed E-state index contributed by atoms with van der Waals surface area (Å²) in [6.07, 6.45) is 4.57. The Morgan fingerprint density at radius 3 is 2.67 bits per heavy atom. The summed E-state index contributed by atoms with van der Waals surface area (Å²) in [7, 11) is 0. The molecular formula is C17H26FNO2. The van der Waals surface area contributed by atoms with E-state index in [-0.39, 0.29) is 11.7 Å². The van der Waals surface area contributed by atoms with Crippen LogP contribution in [0.2, 0.25) is 0 Å². The molecule has 0 aliphatic heterocycles. The molecule has 1 aromatic carbocycles. The highest BCUT2D eigenvalue weighted by Gasteiger charge is 2.07. The van der Waals surface area contributed by atoms with E-state index >= 15 is 0 Å². The number of ether oxygens (including phenoxy) is 1. The molecule has 0 saturated carbocycles. The number of amides is 1. The molecule has 0 bridgehead atoms. The molecule has 1 aromatic rings. The molecule has 0 fully saturated rings. The van der Waals surface area contributed by atoms with Crippen LogP contribution in [0.25, 0.3) is 0 Å². The summed E-state index contributed by atoms with van der Waals surface area (Å²) in [5, 5.41) is 2.93. The number of hydrogen-bond acceptors (Lipinski definition) is 2. The van der Waals surface area contributed by atoms with Crippen LogP contribution in [0.15, 0.2) is 24.3 Å². The van der Waals surface area contributed by atoms with Crippen molar-refractivity contribution in [2.45, 2.75) is 46.0 Å². The van der Waals surface area contributed by atoms with Gasteiger partial charge in [0.05, 0.1) is 6.61 Å². The third-order valence-electron chi connectivity index (χ3n) is 3.29. The average Bonchev–Trinajstić information content (AvgIpc) is 2.44. The molecule has 0 saturated heterocycles.